The minimum atomic E-state index is -0.0437. The van der Waals surface area contributed by atoms with Crippen LogP contribution in [0.4, 0.5) is 0 Å². The predicted octanol–water partition coefficient (Wildman–Crippen LogP) is 2.13. The quantitative estimate of drug-likeness (QED) is 0.710. The van der Waals surface area contributed by atoms with Gasteiger partial charge in [0.1, 0.15) is 5.75 Å². The second-order valence-corrected chi connectivity index (χ2v) is 6.18. The first-order valence-electron chi connectivity index (χ1n) is 8.80. The van der Waals surface area contributed by atoms with Crippen LogP contribution in [-0.2, 0) is 9.59 Å². The zero-order valence-corrected chi connectivity index (χ0v) is 15.0. The number of amides is 2. The van der Waals surface area contributed by atoms with E-state index in [2.05, 4.69) is 0 Å². The van der Waals surface area contributed by atoms with Crippen LogP contribution in [-0.4, -0.2) is 60.2 Å². The maximum Gasteiger partial charge on any atom is 0.223 e. The van der Waals surface area contributed by atoms with Crippen LogP contribution in [0.15, 0.2) is 24.3 Å². The third-order valence-electron chi connectivity index (χ3n) is 4.29. The van der Waals surface area contributed by atoms with Gasteiger partial charge in [-0.1, -0.05) is 6.92 Å². The lowest BCUT2D eigenvalue weighted by Gasteiger charge is -2.34. The minimum absolute atomic E-state index is 0.0283. The summed E-state index contributed by atoms with van der Waals surface area (Å²) in [5, 5.41) is 0. The van der Waals surface area contributed by atoms with Gasteiger partial charge in [0, 0.05) is 51.5 Å². The minimum Gasteiger partial charge on any atom is -0.494 e. The van der Waals surface area contributed by atoms with Crippen molar-refractivity contribution in [3.8, 4) is 5.75 Å². The molecule has 0 aromatic heterocycles. The lowest BCUT2D eigenvalue weighted by Crippen LogP contribution is -2.50. The molecule has 0 atom stereocenters. The van der Waals surface area contributed by atoms with Crippen LogP contribution in [0.25, 0.3) is 0 Å². The summed E-state index contributed by atoms with van der Waals surface area (Å²) in [6.07, 6.45) is 1.33. The molecular weight excluding hydrogens is 320 g/mol. The first-order chi connectivity index (χ1) is 12.0. The smallest absolute Gasteiger partial charge is 0.223 e. The molecule has 1 fully saturated rings. The van der Waals surface area contributed by atoms with Gasteiger partial charge in [0.05, 0.1) is 6.61 Å². The zero-order valence-electron chi connectivity index (χ0n) is 15.0. The van der Waals surface area contributed by atoms with Gasteiger partial charge in [-0.3, -0.25) is 14.4 Å². The van der Waals surface area contributed by atoms with Gasteiger partial charge < -0.3 is 14.5 Å². The van der Waals surface area contributed by atoms with Crippen LogP contribution < -0.4 is 4.74 Å². The summed E-state index contributed by atoms with van der Waals surface area (Å²) in [5.74, 6) is 0.712. The maximum absolute atomic E-state index is 12.2. The molecule has 1 saturated heterocycles. The highest BCUT2D eigenvalue weighted by Gasteiger charge is 2.22. The first-order valence-corrected chi connectivity index (χ1v) is 8.80. The van der Waals surface area contributed by atoms with E-state index >= 15 is 0 Å². The van der Waals surface area contributed by atoms with Crippen molar-refractivity contribution in [3.05, 3.63) is 29.8 Å². The van der Waals surface area contributed by atoms with Crippen molar-refractivity contribution >= 4 is 17.6 Å². The Labute approximate surface area is 148 Å². The van der Waals surface area contributed by atoms with Gasteiger partial charge in [0.25, 0.3) is 0 Å². The van der Waals surface area contributed by atoms with Crippen LogP contribution in [0.2, 0.25) is 0 Å². The van der Waals surface area contributed by atoms with E-state index in [0.717, 1.165) is 12.2 Å². The largest absolute Gasteiger partial charge is 0.494 e. The van der Waals surface area contributed by atoms with Crippen molar-refractivity contribution in [1.29, 1.82) is 0 Å². The zero-order chi connectivity index (χ0) is 18.2. The third-order valence-corrected chi connectivity index (χ3v) is 4.29. The van der Waals surface area contributed by atoms with E-state index in [9.17, 15) is 14.4 Å². The Morgan fingerprint density at radius 1 is 0.960 bits per heavy atom. The van der Waals surface area contributed by atoms with E-state index < -0.39 is 0 Å². The van der Waals surface area contributed by atoms with E-state index in [1.54, 1.807) is 34.1 Å². The Hall–Kier alpha value is -2.37. The van der Waals surface area contributed by atoms with Gasteiger partial charge in [-0.05, 0) is 30.7 Å². The second kappa shape index (κ2) is 9.20. The van der Waals surface area contributed by atoms with Crippen LogP contribution in [0.3, 0.4) is 0 Å². The summed E-state index contributed by atoms with van der Waals surface area (Å²) in [7, 11) is 0. The predicted molar refractivity (Wildman–Crippen MR) is 94.6 cm³/mol. The number of benzene rings is 1. The molecule has 0 aliphatic carbocycles. The molecular formula is C19H26N2O4. The fourth-order valence-electron chi connectivity index (χ4n) is 2.75. The fraction of sp³-hybridized carbons (Fsp3) is 0.526. The van der Waals surface area contributed by atoms with Crippen molar-refractivity contribution in [2.45, 2.75) is 33.1 Å². The maximum atomic E-state index is 12.2. The highest BCUT2D eigenvalue weighted by atomic mass is 16.5. The van der Waals surface area contributed by atoms with Crippen molar-refractivity contribution < 1.29 is 19.1 Å². The number of hydrogen-bond acceptors (Lipinski definition) is 4. The average Bonchev–Trinajstić information content (AvgIpc) is 2.64. The molecule has 1 aromatic rings. The van der Waals surface area contributed by atoms with Crippen LogP contribution in [0.5, 0.6) is 5.75 Å². The van der Waals surface area contributed by atoms with Crippen molar-refractivity contribution in [2.75, 3.05) is 32.8 Å². The fourth-order valence-corrected chi connectivity index (χ4v) is 2.75. The van der Waals surface area contributed by atoms with E-state index in [0.29, 0.717) is 38.3 Å². The summed E-state index contributed by atoms with van der Waals surface area (Å²) in [6.45, 7) is 6.43. The number of carbonyl (C=O) groups excluding carboxylic acids is 3. The molecule has 0 saturated carbocycles. The number of rotatable bonds is 7. The molecule has 1 aliphatic heterocycles. The number of ether oxygens (including phenoxy) is 1. The lowest BCUT2D eigenvalue weighted by atomic mass is 10.1. The summed E-state index contributed by atoms with van der Waals surface area (Å²) in [4.78, 5) is 39.2. The number of nitrogens with zero attached hydrogens (tertiary/aromatic N) is 2. The number of hydrogen-bond donors (Lipinski definition) is 0. The molecule has 0 radical (unpaired) electrons. The molecule has 6 heteroatoms. The van der Waals surface area contributed by atoms with E-state index in [4.69, 9.17) is 4.74 Å². The topological polar surface area (TPSA) is 66.9 Å². The molecule has 136 valence electrons. The normalized spacial score (nSPS) is 14.3. The molecule has 1 aromatic carbocycles. The molecule has 2 rings (SSSR count). The molecule has 6 nitrogen and oxygen atoms in total. The van der Waals surface area contributed by atoms with Crippen molar-refractivity contribution in [3.63, 3.8) is 0 Å². The summed E-state index contributed by atoms with van der Waals surface area (Å²) >= 11 is 0. The third kappa shape index (κ3) is 5.59. The molecule has 1 heterocycles. The Morgan fingerprint density at radius 2 is 1.56 bits per heavy atom. The first kappa shape index (κ1) is 19.0. The standard InChI is InChI=1S/C19H26N2O4/c1-3-14-25-17-6-4-16(5-7-17)18(23)8-9-19(24)21-12-10-20(11-13-21)15(2)22/h4-7H,3,8-14H2,1-2H3. The second-order valence-electron chi connectivity index (χ2n) is 6.18. The van der Waals surface area contributed by atoms with Crippen molar-refractivity contribution in [1.82, 2.24) is 9.80 Å². The van der Waals surface area contributed by atoms with Gasteiger partial charge in [-0.25, -0.2) is 0 Å². The van der Waals surface area contributed by atoms with Crippen molar-refractivity contribution in [2.24, 2.45) is 0 Å². The Balaban J connectivity index is 1.77. The lowest BCUT2D eigenvalue weighted by molar-refractivity contribution is -0.138. The van der Waals surface area contributed by atoms with E-state index in [1.165, 1.54) is 6.92 Å². The van der Waals surface area contributed by atoms with E-state index in [1.807, 2.05) is 6.92 Å². The highest BCUT2D eigenvalue weighted by molar-refractivity contribution is 5.98. The Kier molecular flexibility index (Phi) is 6.98. The van der Waals surface area contributed by atoms with Gasteiger partial charge in [0.15, 0.2) is 5.78 Å². The molecule has 0 spiro atoms. The SMILES string of the molecule is CCCOc1ccc(C(=O)CCC(=O)N2CCN(C(C)=O)CC2)cc1. The number of Topliss-reactive ketones (excluding diaryl/α,β-unsaturated/α-hetero) is 1. The van der Waals surface area contributed by atoms with Crippen LogP contribution >= 0.6 is 0 Å². The molecule has 0 unspecified atom stereocenters. The number of ketones is 1. The average molecular weight is 346 g/mol. The van der Waals surface area contributed by atoms with Gasteiger partial charge >= 0.3 is 0 Å². The number of carbonyl (C=O) groups is 3. The summed E-state index contributed by atoms with van der Waals surface area (Å²) < 4.78 is 5.49. The van der Waals surface area contributed by atoms with Gasteiger partial charge in [-0.2, -0.15) is 0 Å². The number of piperazine rings is 1. The molecule has 1 aliphatic rings. The van der Waals surface area contributed by atoms with E-state index in [-0.39, 0.29) is 30.4 Å². The molecule has 2 amide bonds. The van der Waals surface area contributed by atoms with Gasteiger partial charge in [-0.15, -0.1) is 0 Å². The highest BCUT2D eigenvalue weighted by Crippen LogP contribution is 2.15. The molecule has 0 N–H and O–H groups in total. The summed E-state index contributed by atoms with van der Waals surface area (Å²) in [6, 6.07) is 7.05. The Bertz CT molecular complexity index is 604. The van der Waals surface area contributed by atoms with Gasteiger partial charge in [0.2, 0.25) is 11.8 Å². The Morgan fingerprint density at radius 3 is 2.12 bits per heavy atom. The summed E-state index contributed by atoms with van der Waals surface area (Å²) in [5.41, 5.74) is 0.595. The van der Waals surface area contributed by atoms with Crippen LogP contribution in [0, 0.1) is 0 Å². The monoisotopic (exact) mass is 346 g/mol. The molecule has 25 heavy (non-hydrogen) atoms. The molecule has 0 bridgehead atoms. The van der Waals surface area contributed by atoms with Crippen LogP contribution in [0.1, 0.15) is 43.5 Å².